The molecule has 0 spiro atoms. The molecule has 5 atom stereocenters. The van der Waals surface area contributed by atoms with E-state index in [9.17, 15) is 27.6 Å². The molecule has 12 nitrogen and oxygen atoms in total. The largest absolute Gasteiger partial charge is 0.462 e. The maximum atomic E-state index is 14.1. The minimum atomic E-state index is -4.47. The lowest BCUT2D eigenvalue weighted by atomic mass is 10.1. The zero-order chi connectivity index (χ0) is 32.4. The van der Waals surface area contributed by atoms with E-state index in [1.807, 2.05) is 13.8 Å². The Hall–Kier alpha value is -2.25. The van der Waals surface area contributed by atoms with Crippen molar-refractivity contribution in [2.24, 2.45) is 0 Å². The van der Waals surface area contributed by atoms with Crippen LogP contribution in [0.2, 0.25) is 0 Å². The van der Waals surface area contributed by atoms with Crippen LogP contribution in [0.25, 0.3) is 0 Å². The number of nitrogens with zero attached hydrogens (tertiary/aromatic N) is 1. The van der Waals surface area contributed by atoms with E-state index in [2.05, 4.69) is 0 Å². The number of ether oxygens (including phenoxy) is 5. The van der Waals surface area contributed by atoms with Crippen LogP contribution in [0.1, 0.15) is 98.3 Å². The highest BCUT2D eigenvalue weighted by atomic mass is 32.2. The highest BCUT2D eigenvalue weighted by Crippen LogP contribution is 2.35. The molecule has 0 aromatic heterocycles. The average molecular weight is 584 g/mol. The third-order valence-corrected chi connectivity index (χ3v) is 8.03. The van der Waals surface area contributed by atoms with Crippen LogP contribution in [0.5, 0.6) is 0 Å². The van der Waals surface area contributed by atoms with Crippen LogP contribution >= 0.6 is 0 Å². The van der Waals surface area contributed by atoms with Crippen LogP contribution in [-0.4, -0.2) is 86.1 Å². The van der Waals surface area contributed by atoms with Gasteiger partial charge >= 0.3 is 23.9 Å². The summed E-state index contributed by atoms with van der Waals surface area (Å²) in [5.41, 5.74) is -1.97. The van der Waals surface area contributed by atoms with Gasteiger partial charge in [0.1, 0.15) is 12.7 Å². The van der Waals surface area contributed by atoms with Gasteiger partial charge in [-0.2, -0.15) is 4.31 Å². The van der Waals surface area contributed by atoms with E-state index in [0.717, 1.165) is 38.5 Å². The summed E-state index contributed by atoms with van der Waals surface area (Å²) >= 11 is 0. The van der Waals surface area contributed by atoms with Gasteiger partial charge in [-0.1, -0.05) is 52.4 Å². The van der Waals surface area contributed by atoms with Crippen molar-refractivity contribution in [1.29, 1.82) is 0 Å². The standard InChI is InChI=1S/C26H45NO11S/c1-7-9-11-13-15-27(16-14-12-10-8-2)39(32,33)26-25(37-21(6)31)24(36-20(5)30)23(38-26)22(35-19(4)29)17-34-18(3)28/h22-26H,7-17H2,1-6H3/t22-,23+,24+,25-,26?/m1/s1/i3D,4D,5D,6D. The van der Waals surface area contributed by atoms with Gasteiger partial charge < -0.3 is 23.7 Å². The molecule has 226 valence electrons. The van der Waals surface area contributed by atoms with E-state index >= 15 is 0 Å². The summed E-state index contributed by atoms with van der Waals surface area (Å²) in [7, 11) is -4.47. The summed E-state index contributed by atoms with van der Waals surface area (Å²) in [6, 6.07) is 0. The van der Waals surface area contributed by atoms with E-state index in [0.29, 0.717) is 12.8 Å². The van der Waals surface area contributed by atoms with Crippen LogP contribution < -0.4 is 0 Å². The van der Waals surface area contributed by atoms with Crippen molar-refractivity contribution in [1.82, 2.24) is 4.31 Å². The van der Waals surface area contributed by atoms with Crippen LogP contribution in [-0.2, 0) is 52.9 Å². The third kappa shape index (κ3) is 11.8. The molecule has 0 N–H and O–H groups in total. The first-order valence-corrected chi connectivity index (χ1v) is 14.6. The van der Waals surface area contributed by atoms with Crippen LogP contribution in [0.3, 0.4) is 0 Å². The van der Waals surface area contributed by atoms with Gasteiger partial charge in [0.2, 0.25) is 15.5 Å². The zero-order valence-corrected chi connectivity index (χ0v) is 23.7. The molecule has 1 aliphatic heterocycles. The van der Waals surface area contributed by atoms with E-state index in [1.54, 1.807) is 0 Å². The topological polar surface area (TPSA) is 152 Å². The Morgan fingerprint density at radius 2 is 1.33 bits per heavy atom. The fraction of sp³-hybridized carbons (Fsp3) is 0.846. The molecule has 0 aromatic carbocycles. The number of carbonyl (C=O) groups is 4. The molecule has 0 aliphatic carbocycles. The fourth-order valence-corrected chi connectivity index (χ4v) is 6.11. The Kier molecular flexibility index (Phi) is 12.6. The summed E-state index contributed by atoms with van der Waals surface area (Å²) in [4.78, 5) is 48.4. The van der Waals surface area contributed by atoms with Gasteiger partial charge in [-0.05, 0) is 12.8 Å². The molecule has 1 rings (SSSR count). The van der Waals surface area contributed by atoms with Crippen molar-refractivity contribution in [2.45, 2.75) is 123 Å². The van der Waals surface area contributed by atoms with Crippen molar-refractivity contribution < 1.29 is 56.8 Å². The van der Waals surface area contributed by atoms with Crippen molar-refractivity contribution in [2.75, 3.05) is 19.7 Å². The zero-order valence-electron chi connectivity index (χ0n) is 26.8. The molecule has 0 saturated carbocycles. The van der Waals surface area contributed by atoms with Gasteiger partial charge in [-0.15, -0.1) is 0 Å². The number of rotatable bonds is 18. The molecule has 0 bridgehead atoms. The van der Waals surface area contributed by atoms with Crippen LogP contribution in [0.4, 0.5) is 0 Å². The molecule has 13 heteroatoms. The van der Waals surface area contributed by atoms with Gasteiger partial charge in [-0.3, -0.25) is 19.2 Å². The van der Waals surface area contributed by atoms with E-state index < -0.39 is 98.0 Å². The average Bonchev–Trinajstić information content (AvgIpc) is 3.35. The minimum Gasteiger partial charge on any atom is -0.462 e. The van der Waals surface area contributed by atoms with Crippen LogP contribution in [0.15, 0.2) is 0 Å². The van der Waals surface area contributed by atoms with Gasteiger partial charge in [0.05, 0.1) is 0 Å². The predicted octanol–water partition coefficient (Wildman–Crippen LogP) is 2.86. The SMILES string of the molecule is [2H]CC(=O)OC[C@@H](OC(=O)C[2H])[C@@H]1OC(S(=O)(=O)N(CCCCCC)CCCCCC)[C@H](OC(=O)C[2H])[C@H]1OC(=O)C[2H]. The van der Waals surface area contributed by atoms with Gasteiger partial charge in [0, 0.05) is 46.2 Å². The lowest BCUT2D eigenvalue weighted by Crippen LogP contribution is -2.48. The normalized spacial score (nSPS) is 23.2. The molecule has 1 aliphatic rings. The lowest BCUT2D eigenvalue weighted by molar-refractivity contribution is -0.176. The maximum absolute atomic E-state index is 14.1. The second-order valence-corrected chi connectivity index (χ2v) is 11.2. The Labute approximate surface area is 237 Å². The number of carbonyl (C=O) groups excluding carboxylic acids is 4. The van der Waals surface area contributed by atoms with Gasteiger partial charge in [0.25, 0.3) is 0 Å². The highest BCUT2D eigenvalue weighted by molar-refractivity contribution is 7.89. The van der Waals surface area contributed by atoms with E-state index in [-0.39, 0.29) is 13.1 Å². The maximum Gasteiger partial charge on any atom is 0.303 e. The molecule has 39 heavy (non-hydrogen) atoms. The Morgan fingerprint density at radius 1 is 0.795 bits per heavy atom. The monoisotopic (exact) mass is 583 g/mol. The highest BCUT2D eigenvalue weighted by Gasteiger charge is 2.58. The summed E-state index contributed by atoms with van der Waals surface area (Å²) < 4.78 is 85.3. The Bertz CT molecular complexity index is 976. The summed E-state index contributed by atoms with van der Waals surface area (Å²) in [6.45, 7) is 0.0901. The molecule has 1 fully saturated rings. The summed E-state index contributed by atoms with van der Waals surface area (Å²) in [6.07, 6.45) is -0.681. The van der Waals surface area contributed by atoms with E-state index in [4.69, 9.17) is 29.2 Å². The third-order valence-electron chi connectivity index (χ3n) is 5.98. The molecular weight excluding hydrogens is 534 g/mol. The molecular formula is C26H45NO11S. The quantitative estimate of drug-likeness (QED) is 0.133. The first kappa shape index (κ1) is 28.3. The minimum absolute atomic E-state index is 0.133. The van der Waals surface area contributed by atoms with Crippen molar-refractivity contribution in [3.05, 3.63) is 0 Å². The predicted molar refractivity (Wildman–Crippen MR) is 141 cm³/mol. The number of hydrogen-bond donors (Lipinski definition) is 0. The van der Waals surface area contributed by atoms with Crippen molar-refractivity contribution >= 4 is 33.9 Å². The first-order chi connectivity index (χ1) is 20.5. The second-order valence-electron chi connectivity index (χ2n) is 9.15. The lowest BCUT2D eigenvalue weighted by Gasteiger charge is -2.28. The first-order valence-electron chi connectivity index (χ1n) is 15.9. The summed E-state index contributed by atoms with van der Waals surface area (Å²) in [5, 5.41) is 0. The molecule has 0 aromatic rings. The number of unbranched alkanes of at least 4 members (excludes halogenated alkanes) is 6. The van der Waals surface area contributed by atoms with E-state index in [1.165, 1.54) is 4.31 Å². The number of esters is 4. The van der Waals surface area contributed by atoms with Crippen LogP contribution in [0, 0.1) is 0 Å². The fourth-order valence-electron chi connectivity index (χ4n) is 4.23. The number of sulfonamides is 1. The molecule has 1 unspecified atom stereocenters. The van der Waals surface area contributed by atoms with Crippen molar-refractivity contribution in [3.63, 3.8) is 0 Å². The Balaban J connectivity index is 3.60. The molecule has 0 radical (unpaired) electrons. The second kappa shape index (κ2) is 17.4. The Morgan fingerprint density at radius 3 is 1.85 bits per heavy atom. The summed E-state index contributed by atoms with van der Waals surface area (Å²) in [5.74, 6) is -4.43. The smallest absolute Gasteiger partial charge is 0.303 e. The number of hydrogen-bond acceptors (Lipinski definition) is 11. The van der Waals surface area contributed by atoms with Crippen molar-refractivity contribution in [3.8, 4) is 0 Å². The van der Waals surface area contributed by atoms with Gasteiger partial charge in [-0.25, -0.2) is 8.42 Å². The molecule has 1 heterocycles. The van der Waals surface area contributed by atoms with Gasteiger partial charge in [0.15, 0.2) is 18.3 Å². The molecule has 0 amide bonds. The molecule has 1 saturated heterocycles.